The maximum atomic E-state index is 13.1. The number of nitrogens with zero attached hydrogens (tertiary/aromatic N) is 3. The van der Waals surface area contributed by atoms with Gasteiger partial charge in [-0.15, -0.1) is 6.58 Å². The molecule has 2 heterocycles. The van der Waals surface area contributed by atoms with Crippen LogP contribution in [0.25, 0.3) is 21.8 Å². The van der Waals surface area contributed by atoms with Crippen molar-refractivity contribution in [2.75, 3.05) is 6.54 Å². The minimum atomic E-state index is -0.509. The number of hydrogen-bond acceptors (Lipinski definition) is 4. The number of thioether (sulfide) groups is 1. The molecule has 0 saturated carbocycles. The summed E-state index contributed by atoms with van der Waals surface area (Å²) in [4.78, 5) is 32.2. The van der Waals surface area contributed by atoms with Crippen LogP contribution in [0, 0.1) is 0 Å². The number of aromatic nitrogens is 1. The van der Waals surface area contributed by atoms with Gasteiger partial charge in [0.2, 0.25) is 11.8 Å². The molecule has 1 aliphatic heterocycles. The number of carbonyl (C=O) groups excluding carboxylic acids is 2. The van der Waals surface area contributed by atoms with E-state index in [0.717, 1.165) is 28.7 Å². The monoisotopic (exact) mass is 496 g/mol. The zero-order valence-electron chi connectivity index (χ0n) is 20.2. The summed E-state index contributed by atoms with van der Waals surface area (Å²) in [5, 5.41) is 5.32. The van der Waals surface area contributed by atoms with E-state index in [-0.39, 0.29) is 18.2 Å². The minimum Gasteiger partial charge on any atom is -0.352 e. The zero-order chi connectivity index (χ0) is 25.1. The fourth-order valence-corrected chi connectivity index (χ4v) is 5.79. The van der Waals surface area contributed by atoms with Crippen molar-refractivity contribution in [2.45, 2.75) is 31.7 Å². The highest BCUT2D eigenvalue weighted by Gasteiger charge is 2.38. The third-order valence-electron chi connectivity index (χ3n) is 6.33. The first kappa shape index (κ1) is 23.9. The van der Waals surface area contributed by atoms with Gasteiger partial charge in [-0.05, 0) is 36.8 Å². The van der Waals surface area contributed by atoms with Crippen molar-refractivity contribution in [3.8, 4) is 0 Å². The normalized spacial score (nSPS) is 16.8. The van der Waals surface area contributed by atoms with Crippen molar-refractivity contribution in [2.24, 2.45) is 4.99 Å². The molecule has 0 bridgehead atoms. The van der Waals surface area contributed by atoms with Crippen molar-refractivity contribution < 1.29 is 9.59 Å². The quantitative estimate of drug-likeness (QED) is 0.321. The molecule has 1 N–H and O–H groups in total. The molecular weight excluding hydrogens is 468 g/mol. The third kappa shape index (κ3) is 4.66. The molecule has 5 rings (SSSR count). The van der Waals surface area contributed by atoms with Crippen molar-refractivity contribution in [3.05, 3.63) is 91.0 Å². The SMILES string of the molecule is C=CCN1C(=O)[C@@H](CC(=O)NCc2ccccc2)SC1=Nc1ccc2c(c1)c1ccccc1n2CC. The van der Waals surface area contributed by atoms with Gasteiger partial charge in [0, 0.05) is 47.9 Å². The number of rotatable bonds is 8. The van der Waals surface area contributed by atoms with E-state index in [0.29, 0.717) is 18.3 Å². The first-order chi connectivity index (χ1) is 17.6. The zero-order valence-corrected chi connectivity index (χ0v) is 21.0. The highest BCUT2D eigenvalue weighted by molar-refractivity contribution is 8.15. The molecule has 0 aliphatic carbocycles. The first-order valence-corrected chi connectivity index (χ1v) is 13.0. The summed E-state index contributed by atoms with van der Waals surface area (Å²) < 4.78 is 2.30. The van der Waals surface area contributed by atoms with Gasteiger partial charge in [-0.2, -0.15) is 0 Å². The Morgan fingerprint density at radius 1 is 1.06 bits per heavy atom. The number of aliphatic imine (C=N–C) groups is 1. The van der Waals surface area contributed by atoms with Crippen molar-refractivity contribution in [1.29, 1.82) is 0 Å². The Hall–Kier alpha value is -3.84. The molecule has 2 amide bonds. The van der Waals surface area contributed by atoms with Crippen LogP contribution in [0.15, 0.2) is 90.4 Å². The lowest BCUT2D eigenvalue weighted by atomic mass is 10.1. The molecule has 1 saturated heterocycles. The number of fused-ring (bicyclic) bond motifs is 3. The lowest BCUT2D eigenvalue weighted by Crippen LogP contribution is -2.34. The Kier molecular flexibility index (Phi) is 6.91. The highest BCUT2D eigenvalue weighted by atomic mass is 32.2. The van der Waals surface area contributed by atoms with Crippen LogP contribution in [0.4, 0.5) is 5.69 Å². The summed E-state index contributed by atoms with van der Waals surface area (Å²) >= 11 is 1.34. The highest BCUT2D eigenvalue weighted by Crippen LogP contribution is 2.35. The number of aryl methyl sites for hydroxylation is 1. The fourth-order valence-electron chi connectivity index (χ4n) is 4.62. The number of carbonyl (C=O) groups is 2. The topological polar surface area (TPSA) is 66.7 Å². The predicted molar refractivity (Wildman–Crippen MR) is 148 cm³/mol. The van der Waals surface area contributed by atoms with Crippen LogP contribution < -0.4 is 5.32 Å². The first-order valence-electron chi connectivity index (χ1n) is 12.1. The number of para-hydroxylation sites is 1. The molecule has 3 aromatic carbocycles. The third-order valence-corrected chi connectivity index (χ3v) is 7.51. The average Bonchev–Trinajstić information content (AvgIpc) is 3.37. The van der Waals surface area contributed by atoms with Gasteiger partial charge in [-0.25, -0.2) is 4.99 Å². The van der Waals surface area contributed by atoms with Crippen LogP contribution >= 0.6 is 11.8 Å². The van der Waals surface area contributed by atoms with E-state index in [9.17, 15) is 9.59 Å². The second-order valence-corrected chi connectivity index (χ2v) is 9.84. The van der Waals surface area contributed by atoms with Gasteiger partial charge < -0.3 is 9.88 Å². The van der Waals surface area contributed by atoms with E-state index >= 15 is 0 Å². The van der Waals surface area contributed by atoms with E-state index in [2.05, 4.69) is 53.7 Å². The van der Waals surface area contributed by atoms with Crippen LogP contribution in [0.3, 0.4) is 0 Å². The molecule has 1 fully saturated rings. The molecule has 36 heavy (non-hydrogen) atoms. The summed E-state index contributed by atoms with van der Waals surface area (Å²) in [6.07, 6.45) is 1.79. The summed E-state index contributed by atoms with van der Waals surface area (Å²) in [7, 11) is 0. The van der Waals surface area contributed by atoms with Gasteiger partial charge in [0.05, 0.1) is 5.69 Å². The smallest absolute Gasteiger partial charge is 0.242 e. The van der Waals surface area contributed by atoms with Gasteiger partial charge in [-0.3, -0.25) is 14.5 Å². The lowest BCUT2D eigenvalue weighted by molar-refractivity contribution is -0.129. The van der Waals surface area contributed by atoms with Crippen LogP contribution in [0.2, 0.25) is 0 Å². The number of amidine groups is 1. The van der Waals surface area contributed by atoms with E-state index < -0.39 is 5.25 Å². The van der Waals surface area contributed by atoms with Crippen molar-refractivity contribution >= 4 is 56.2 Å². The van der Waals surface area contributed by atoms with E-state index in [1.165, 1.54) is 22.7 Å². The Labute approximate surface area is 214 Å². The molecule has 7 heteroatoms. The van der Waals surface area contributed by atoms with Gasteiger partial charge in [0.15, 0.2) is 5.17 Å². The maximum absolute atomic E-state index is 13.1. The van der Waals surface area contributed by atoms with E-state index in [1.807, 2.05) is 42.5 Å². The number of nitrogens with one attached hydrogen (secondary N) is 1. The Balaban J connectivity index is 1.38. The van der Waals surface area contributed by atoms with Crippen LogP contribution in [-0.2, 0) is 22.7 Å². The summed E-state index contributed by atoms with van der Waals surface area (Å²) in [5.41, 5.74) is 4.15. The lowest BCUT2D eigenvalue weighted by Gasteiger charge is -2.14. The average molecular weight is 497 g/mol. The Bertz CT molecular complexity index is 1470. The largest absolute Gasteiger partial charge is 0.352 e. The molecule has 1 atom stereocenters. The Morgan fingerprint density at radius 2 is 1.81 bits per heavy atom. The Morgan fingerprint density at radius 3 is 2.58 bits per heavy atom. The molecule has 6 nitrogen and oxygen atoms in total. The molecule has 1 aromatic heterocycles. The summed E-state index contributed by atoms with van der Waals surface area (Å²) in [6, 6.07) is 24.2. The second kappa shape index (κ2) is 10.4. The van der Waals surface area contributed by atoms with E-state index in [1.54, 1.807) is 11.0 Å². The molecule has 182 valence electrons. The maximum Gasteiger partial charge on any atom is 0.242 e. The number of amides is 2. The van der Waals surface area contributed by atoms with E-state index in [4.69, 9.17) is 4.99 Å². The van der Waals surface area contributed by atoms with Crippen LogP contribution in [0.1, 0.15) is 18.9 Å². The summed E-state index contributed by atoms with van der Waals surface area (Å²) in [5.74, 6) is -0.268. The predicted octanol–water partition coefficient (Wildman–Crippen LogP) is 5.64. The van der Waals surface area contributed by atoms with Gasteiger partial charge in [0.1, 0.15) is 5.25 Å². The molecule has 1 aliphatic rings. The van der Waals surface area contributed by atoms with Crippen LogP contribution in [-0.4, -0.2) is 38.2 Å². The van der Waals surface area contributed by atoms with Crippen molar-refractivity contribution in [1.82, 2.24) is 14.8 Å². The number of hydrogen-bond donors (Lipinski definition) is 1. The molecule has 0 spiro atoms. The van der Waals surface area contributed by atoms with Gasteiger partial charge in [-0.1, -0.05) is 66.4 Å². The standard InChI is InChI=1S/C29H28N4O2S/c1-3-16-33-28(35)26(18-27(34)30-19-20-10-6-5-7-11-20)36-29(33)31-21-14-15-25-23(17-21)22-12-8-9-13-24(22)32(25)4-2/h3,5-15,17,26H,1,4,16,18-19H2,2H3,(H,30,34)/t26-/m1/s1. The van der Waals surface area contributed by atoms with Gasteiger partial charge in [0.25, 0.3) is 0 Å². The molecule has 4 aromatic rings. The fraction of sp³-hybridized carbons (Fsp3) is 0.207. The van der Waals surface area contributed by atoms with Crippen LogP contribution in [0.5, 0.6) is 0 Å². The van der Waals surface area contributed by atoms with Crippen molar-refractivity contribution in [3.63, 3.8) is 0 Å². The summed E-state index contributed by atoms with van der Waals surface area (Å²) in [6.45, 7) is 7.61. The number of benzene rings is 3. The second-order valence-electron chi connectivity index (χ2n) is 8.67. The molecule has 0 radical (unpaired) electrons. The van der Waals surface area contributed by atoms with Gasteiger partial charge >= 0.3 is 0 Å². The molecular formula is C29H28N4O2S. The molecule has 0 unspecified atom stereocenters. The minimum absolute atomic E-state index is 0.103.